The van der Waals surface area contributed by atoms with Crippen LogP contribution >= 0.6 is 0 Å². The van der Waals surface area contributed by atoms with Crippen LogP contribution in [0.4, 0.5) is 4.79 Å². The summed E-state index contributed by atoms with van der Waals surface area (Å²) in [6.07, 6.45) is 6.11. The van der Waals surface area contributed by atoms with Crippen molar-refractivity contribution in [1.29, 1.82) is 0 Å². The summed E-state index contributed by atoms with van der Waals surface area (Å²) >= 11 is 0. The second-order valence-electron chi connectivity index (χ2n) is 10.4. The van der Waals surface area contributed by atoms with Crippen LogP contribution in [0, 0.1) is 11.8 Å². The van der Waals surface area contributed by atoms with Crippen molar-refractivity contribution < 1.29 is 19.2 Å². The first kappa shape index (κ1) is 22.1. The zero-order valence-electron chi connectivity index (χ0n) is 18.7. The van der Waals surface area contributed by atoms with Gasteiger partial charge in [0.1, 0.15) is 11.4 Å². The Morgan fingerprint density at radius 1 is 1.28 bits per heavy atom. The third kappa shape index (κ3) is 5.97. The number of aliphatic hydroxyl groups is 1. The van der Waals surface area contributed by atoms with Gasteiger partial charge < -0.3 is 19.7 Å². The van der Waals surface area contributed by atoms with E-state index in [0.717, 1.165) is 23.3 Å². The first-order chi connectivity index (χ1) is 13.7. The summed E-state index contributed by atoms with van der Waals surface area (Å²) in [6, 6.07) is 0. The summed E-state index contributed by atoms with van der Waals surface area (Å²) in [6.45, 7) is 10.5. The van der Waals surface area contributed by atoms with Crippen LogP contribution in [-0.4, -0.2) is 35.1 Å². The van der Waals surface area contributed by atoms with Gasteiger partial charge in [0.2, 0.25) is 0 Å². The van der Waals surface area contributed by atoms with Gasteiger partial charge in [0.05, 0.1) is 5.69 Å². The van der Waals surface area contributed by atoms with E-state index in [1.807, 2.05) is 20.8 Å². The van der Waals surface area contributed by atoms with Gasteiger partial charge in [0, 0.05) is 30.6 Å². The first-order valence-electron chi connectivity index (χ1n) is 11.2. The Kier molecular flexibility index (Phi) is 6.92. The van der Waals surface area contributed by atoms with E-state index in [-0.39, 0.29) is 12.5 Å². The van der Waals surface area contributed by atoms with Crippen molar-refractivity contribution in [2.45, 2.75) is 96.5 Å². The van der Waals surface area contributed by atoms with Crippen LogP contribution in [0.2, 0.25) is 0 Å². The third-order valence-electron chi connectivity index (χ3n) is 5.94. The van der Waals surface area contributed by atoms with Crippen LogP contribution in [0.5, 0.6) is 0 Å². The second-order valence-corrected chi connectivity index (χ2v) is 10.4. The molecule has 2 fully saturated rings. The molecule has 0 spiro atoms. The summed E-state index contributed by atoms with van der Waals surface area (Å²) in [5.41, 5.74) is 1.66. The lowest BCUT2D eigenvalue weighted by Gasteiger charge is -2.35. The van der Waals surface area contributed by atoms with Crippen LogP contribution in [0.25, 0.3) is 0 Å². The minimum absolute atomic E-state index is 0.0485. The number of nitrogens with one attached hydrogen (secondary N) is 1. The van der Waals surface area contributed by atoms with E-state index in [4.69, 9.17) is 9.26 Å². The van der Waals surface area contributed by atoms with Gasteiger partial charge in [-0.1, -0.05) is 19.0 Å². The number of carbonyl (C=O) groups is 1. The summed E-state index contributed by atoms with van der Waals surface area (Å²) in [5, 5.41) is 16.9. The Balaban J connectivity index is 1.69. The molecule has 0 aliphatic heterocycles. The highest BCUT2D eigenvalue weighted by Crippen LogP contribution is 2.52. The lowest BCUT2D eigenvalue weighted by Crippen LogP contribution is -2.35. The van der Waals surface area contributed by atoms with Gasteiger partial charge in [0.25, 0.3) is 0 Å². The molecule has 2 aliphatic rings. The molecule has 164 valence electrons. The van der Waals surface area contributed by atoms with Gasteiger partial charge in [-0.25, -0.2) is 4.79 Å². The molecule has 1 atom stereocenters. The number of aromatic nitrogens is 1. The highest BCUT2D eigenvalue weighted by atomic mass is 16.6. The van der Waals surface area contributed by atoms with Gasteiger partial charge in [-0.3, -0.25) is 0 Å². The Hall–Kier alpha value is -1.56. The standard InChI is InChI=1S/C23H38N2O4/c1-14(2)10-15-11-18(12-15)21-19(16-6-7-16)20(25-29-21)17(8-9-26)13-24-22(27)28-23(3,4)5/h14-18,26H,6-13H2,1-5H3,(H,24,27)/t15-,17-,18+/m1/s1. The molecule has 2 N–H and O–H groups in total. The topological polar surface area (TPSA) is 84.6 Å². The average Bonchev–Trinajstić information content (AvgIpc) is 3.32. The van der Waals surface area contributed by atoms with E-state index in [1.165, 1.54) is 37.7 Å². The van der Waals surface area contributed by atoms with Crippen LogP contribution in [0.1, 0.15) is 108 Å². The van der Waals surface area contributed by atoms with Crippen molar-refractivity contribution in [3.8, 4) is 0 Å². The number of hydrogen-bond donors (Lipinski definition) is 2. The number of alkyl carbamates (subject to hydrolysis) is 1. The van der Waals surface area contributed by atoms with Crippen molar-refractivity contribution in [2.75, 3.05) is 13.2 Å². The highest BCUT2D eigenvalue weighted by Gasteiger charge is 2.41. The molecule has 6 heteroatoms. The normalized spacial score (nSPS) is 23.0. The fourth-order valence-electron chi connectivity index (χ4n) is 4.52. The predicted octanol–water partition coefficient (Wildman–Crippen LogP) is 5.08. The Morgan fingerprint density at radius 2 is 1.97 bits per heavy atom. The maximum Gasteiger partial charge on any atom is 0.407 e. The van der Waals surface area contributed by atoms with Crippen LogP contribution in [-0.2, 0) is 4.74 Å². The molecule has 0 unspecified atom stereocenters. The zero-order chi connectivity index (χ0) is 21.2. The van der Waals surface area contributed by atoms with Gasteiger partial charge >= 0.3 is 6.09 Å². The van der Waals surface area contributed by atoms with Gasteiger partial charge in [-0.05, 0) is 77.0 Å². The van der Waals surface area contributed by atoms with E-state index in [0.29, 0.717) is 24.8 Å². The molecular formula is C23H38N2O4. The minimum Gasteiger partial charge on any atom is -0.444 e. The number of nitrogens with zero attached hydrogens (tertiary/aromatic N) is 1. The average molecular weight is 407 g/mol. The highest BCUT2D eigenvalue weighted by molar-refractivity contribution is 5.67. The molecule has 1 amide bonds. The summed E-state index contributed by atoms with van der Waals surface area (Å²) in [7, 11) is 0. The molecule has 3 rings (SSSR count). The number of hydrogen-bond acceptors (Lipinski definition) is 5. The quantitative estimate of drug-likeness (QED) is 0.597. The Bertz CT molecular complexity index is 682. The van der Waals surface area contributed by atoms with Crippen molar-refractivity contribution in [3.63, 3.8) is 0 Å². The largest absolute Gasteiger partial charge is 0.444 e. The predicted molar refractivity (Wildman–Crippen MR) is 112 cm³/mol. The fourth-order valence-corrected chi connectivity index (χ4v) is 4.52. The van der Waals surface area contributed by atoms with Gasteiger partial charge in [0.15, 0.2) is 0 Å². The molecule has 29 heavy (non-hydrogen) atoms. The molecule has 1 aromatic heterocycles. The van der Waals surface area contributed by atoms with Crippen LogP contribution in [0.15, 0.2) is 4.52 Å². The molecule has 1 heterocycles. The van der Waals surface area contributed by atoms with Crippen molar-refractivity contribution in [1.82, 2.24) is 10.5 Å². The van der Waals surface area contributed by atoms with Crippen molar-refractivity contribution >= 4 is 6.09 Å². The lowest BCUT2D eigenvalue weighted by atomic mass is 9.69. The number of carbonyl (C=O) groups excluding carboxylic acids is 1. The molecule has 0 radical (unpaired) electrons. The number of aliphatic hydroxyl groups excluding tert-OH is 1. The van der Waals surface area contributed by atoms with E-state index < -0.39 is 11.7 Å². The zero-order valence-corrected chi connectivity index (χ0v) is 18.7. The van der Waals surface area contributed by atoms with Gasteiger partial charge in [-0.2, -0.15) is 0 Å². The second kappa shape index (κ2) is 9.07. The molecule has 2 saturated carbocycles. The maximum absolute atomic E-state index is 12.1. The van der Waals surface area contributed by atoms with E-state index in [2.05, 4.69) is 24.3 Å². The Morgan fingerprint density at radius 3 is 2.52 bits per heavy atom. The molecular weight excluding hydrogens is 368 g/mol. The minimum atomic E-state index is -0.534. The van der Waals surface area contributed by atoms with E-state index >= 15 is 0 Å². The number of rotatable bonds is 9. The SMILES string of the molecule is CC(C)C[C@H]1C[C@@H](c2onc([C@H](CCO)CNC(=O)OC(C)(C)C)c2C2CC2)C1. The Labute approximate surface area is 174 Å². The molecule has 0 saturated heterocycles. The fraction of sp³-hybridized carbons (Fsp3) is 0.826. The number of ether oxygens (including phenoxy) is 1. The molecule has 6 nitrogen and oxygen atoms in total. The first-order valence-corrected chi connectivity index (χ1v) is 11.2. The molecule has 2 aliphatic carbocycles. The van der Waals surface area contributed by atoms with Crippen molar-refractivity contribution in [2.24, 2.45) is 11.8 Å². The van der Waals surface area contributed by atoms with Crippen LogP contribution < -0.4 is 5.32 Å². The smallest absolute Gasteiger partial charge is 0.407 e. The van der Waals surface area contributed by atoms with Gasteiger partial charge in [-0.15, -0.1) is 0 Å². The van der Waals surface area contributed by atoms with Crippen molar-refractivity contribution in [3.05, 3.63) is 17.0 Å². The molecule has 0 bridgehead atoms. The van der Waals surface area contributed by atoms with E-state index in [1.54, 1.807) is 0 Å². The summed E-state index contributed by atoms with van der Waals surface area (Å²) in [4.78, 5) is 12.1. The third-order valence-corrected chi connectivity index (χ3v) is 5.94. The lowest BCUT2D eigenvalue weighted by molar-refractivity contribution is 0.0522. The monoisotopic (exact) mass is 406 g/mol. The molecule has 0 aromatic carbocycles. The number of amides is 1. The molecule has 1 aromatic rings. The summed E-state index contributed by atoms with van der Waals surface area (Å²) in [5.74, 6) is 3.54. The summed E-state index contributed by atoms with van der Waals surface area (Å²) < 4.78 is 11.2. The van der Waals surface area contributed by atoms with E-state index in [9.17, 15) is 9.90 Å². The van der Waals surface area contributed by atoms with Crippen LogP contribution in [0.3, 0.4) is 0 Å². The maximum atomic E-state index is 12.1.